The largest absolute Gasteiger partial charge is 0.492 e. The maximum absolute atomic E-state index is 13.5. The highest BCUT2D eigenvalue weighted by atomic mass is 127. The number of hydrogen-bond acceptors (Lipinski definition) is 2. The van der Waals surface area contributed by atoms with Crippen molar-refractivity contribution in [3.8, 4) is 5.75 Å². The average molecular weight is 443 g/mol. The summed E-state index contributed by atoms with van der Waals surface area (Å²) < 4.78 is 19.1. The van der Waals surface area contributed by atoms with Gasteiger partial charge in [0.2, 0.25) is 0 Å². The van der Waals surface area contributed by atoms with Crippen LogP contribution in [0.25, 0.3) is 0 Å². The number of nitrogens with one attached hydrogen (secondary N) is 2. The number of nitrogens with zero attached hydrogens (tertiary/aromatic N) is 1. The molecular weight excluding hydrogens is 420 g/mol. The van der Waals surface area contributed by atoms with E-state index in [1.165, 1.54) is 6.07 Å². The first-order valence-corrected chi connectivity index (χ1v) is 7.56. The molecule has 0 saturated heterocycles. The smallest absolute Gasteiger partial charge is 0.191 e. The Balaban J connectivity index is 0.00000288. The summed E-state index contributed by atoms with van der Waals surface area (Å²) in [5.74, 6) is 1.30. The molecule has 0 fully saturated rings. The zero-order valence-electron chi connectivity index (χ0n) is 13.9. The molecule has 2 aromatic rings. The minimum absolute atomic E-state index is 0. The standard InChI is InChI=1S/C18H22FN3O.HI/c1-14-8-9-15(12-17(14)19)13-22-18(20-2)21-10-11-23-16-6-4-3-5-7-16;/h3-9,12H,10-11,13H2,1-2H3,(H2,20,21,22);1H. The van der Waals surface area contributed by atoms with Gasteiger partial charge in [0.1, 0.15) is 18.2 Å². The number of hydrogen-bond donors (Lipinski definition) is 2. The van der Waals surface area contributed by atoms with E-state index >= 15 is 0 Å². The lowest BCUT2D eigenvalue weighted by Gasteiger charge is -2.13. The van der Waals surface area contributed by atoms with E-state index in [1.807, 2.05) is 36.4 Å². The number of aliphatic imine (C=N–C) groups is 1. The summed E-state index contributed by atoms with van der Waals surface area (Å²) >= 11 is 0. The highest BCUT2D eigenvalue weighted by molar-refractivity contribution is 14.0. The molecule has 0 bridgehead atoms. The third kappa shape index (κ3) is 6.74. The van der Waals surface area contributed by atoms with E-state index in [9.17, 15) is 4.39 Å². The fourth-order valence-electron chi connectivity index (χ4n) is 2.01. The molecule has 6 heteroatoms. The Morgan fingerprint density at radius 2 is 1.88 bits per heavy atom. The normalized spacial score (nSPS) is 10.7. The summed E-state index contributed by atoms with van der Waals surface area (Å²) in [6.45, 7) is 3.41. The van der Waals surface area contributed by atoms with Gasteiger partial charge in [0.15, 0.2) is 5.96 Å². The second-order valence-electron chi connectivity index (χ2n) is 5.10. The van der Waals surface area contributed by atoms with Crippen LogP contribution < -0.4 is 15.4 Å². The lowest BCUT2D eigenvalue weighted by atomic mass is 10.1. The maximum Gasteiger partial charge on any atom is 0.191 e. The van der Waals surface area contributed by atoms with Crippen LogP contribution in [0.4, 0.5) is 4.39 Å². The van der Waals surface area contributed by atoms with Crippen molar-refractivity contribution < 1.29 is 9.13 Å². The van der Waals surface area contributed by atoms with Gasteiger partial charge < -0.3 is 15.4 Å². The number of rotatable bonds is 6. The molecule has 0 unspecified atom stereocenters. The number of halogens is 2. The van der Waals surface area contributed by atoms with Crippen molar-refractivity contribution in [3.63, 3.8) is 0 Å². The number of ether oxygens (including phenoxy) is 1. The van der Waals surface area contributed by atoms with Crippen LogP contribution in [-0.2, 0) is 6.54 Å². The SMILES string of the molecule is CN=C(NCCOc1ccccc1)NCc1ccc(C)c(F)c1.I. The average Bonchev–Trinajstić information content (AvgIpc) is 2.58. The van der Waals surface area contributed by atoms with E-state index in [-0.39, 0.29) is 29.8 Å². The van der Waals surface area contributed by atoms with E-state index in [1.54, 1.807) is 20.0 Å². The van der Waals surface area contributed by atoms with Crippen molar-refractivity contribution in [1.29, 1.82) is 0 Å². The Bertz CT molecular complexity index is 650. The number of para-hydroxylation sites is 1. The molecule has 2 aromatic carbocycles. The Kier molecular flexibility index (Phi) is 9.14. The predicted octanol–water partition coefficient (Wildman–Crippen LogP) is 3.50. The van der Waals surface area contributed by atoms with Crippen molar-refractivity contribution in [3.05, 3.63) is 65.5 Å². The highest BCUT2D eigenvalue weighted by Crippen LogP contribution is 2.09. The van der Waals surface area contributed by atoms with E-state index < -0.39 is 0 Å². The molecule has 2 N–H and O–H groups in total. The van der Waals surface area contributed by atoms with Crippen LogP contribution in [0.5, 0.6) is 5.75 Å². The van der Waals surface area contributed by atoms with Crippen LogP contribution in [0, 0.1) is 12.7 Å². The first-order valence-electron chi connectivity index (χ1n) is 7.56. The predicted molar refractivity (Wildman–Crippen MR) is 107 cm³/mol. The van der Waals surface area contributed by atoms with Crippen LogP contribution in [-0.4, -0.2) is 26.2 Å². The van der Waals surface area contributed by atoms with Crippen LogP contribution in [0.1, 0.15) is 11.1 Å². The van der Waals surface area contributed by atoms with E-state index in [4.69, 9.17) is 4.74 Å². The van der Waals surface area contributed by atoms with Gasteiger partial charge in [0.05, 0.1) is 6.54 Å². The molecule has 130 valence electrons. The minimum Gasteiger partial charge on any atom is -0.492 e. The second kappa shape index (κ2) is 10.9. The van der Waals surface area contributed by atoms with E-state index in [2.05, 4.69) is 15.6 Å². The van der Waals surface area contributed by atoms with Crippen LogP contribution in [0.15, 0.2) is 53.5 Å². The molecule has 24 heavy (non-hydrogen) atoms. The minimum atomic E-state index is -0.191. The van der Waals surface area contributed by atoms with Crippen LogP contribution in [0.2, 0.25) is 0 Å². The monoisotopic (exact) mass is 443 g/mol. The van der Waals surface area contributed by atoms with Crippen molar-refractivity contribution >= 4 is 29.9 Å². The molecule has 0 aromatic heterocycles. The first-order chi connectivity index (χ1) is 11.2. The molecule has 0 saturated carbocycles. The third-order valence-electron chi connectivity index (χ3n) is 3.33. The summed E-state index contributed by atoms with van der Waals surface area (Å²) in [7, 11) is 1.70. The third-order valence-corrected chi connectivity index (χ3v) is 3.33. The van der Waals surface area contributed by atoms with E-state index in [0.717, 1.165) is 11.3 Å². The highest BCUT2D eigenvalue weighted by Gasteiger charge is 2.01. The van der Waals surface area contributed by atoms with Crippen LogP contribution >= 0.6 is 24.0 Å². The lowest BCUT2D eigenvalue weighted by molar-refractivity contribution is 0.322. The fourth-order valence-corrected chi connectivity index (χ4v) is 2.01. The summed E-state index contributed by atoms with van der Waals surface area (Å²) in [4.78, 5) is 4.13. The molecule has 4 nitrogen and oxygen atoms in total. The number of benzene rings is 2. The maximum atomic E-state index is 13.5. The molecule has 0 aliphatic rings. The topological polar surface area (TPSA) is 45.7 Å². The van der Waals surface area contributed by atoms with Gasteiger partial charge >= 0.3 is 0 Å². The molecule has 0 heterocycles. The first kappa shape index (κ1) is 20.2. The van der Waals surface area contributed by atoms with Gasteiger partial charge in [-0.25, -0.2) is 4.39 Å². The fraction of sp³-hybridized carbons (Fsp3) is 0.278. The number of aryl methyl sites for hydroxylation is 1. The van der Waals surface area contributed by atoms with E-state index in [0.29, 0.717) is 31.2 Å². The number of guanidine groups is 1. The molecule has 0 spiro atoms. The summed E-state index contributed by atoms with van der Waals surface area (Å²) in [5, 5.41) is 6.30. The second-order valence-corrected chi connectivity index (χ2v) is 5.10. The van der Waals surface area contributed by atoms with Crippen molar-refractivity contribution in [2.24, 2.45) is 4.99 Å². The van der Waals surface area contributed by atoms with Gasteiger partial charge in [0.25, 0.3) is 0 Å². The summed E-state index contributed by atoms with van der Waals surface area (Å²) in [5.41, 5.74) is 1.52. The zero-order chi connectivity index (χ0) is 16.5. The molecule has 0 radical (unpaired) electrons. The lowest BCUT2D eigenvalue weighted by Crippen LogP contribution is -2.38. The Labute approximate surface area is 159 Å². The van der Waals surface area contributed by atoms with Gasteiger partial charge in [-0.05, 0) is 36.2 Å². The van der Waals surface area contributed by atoms with Gasteiger partial charge in [-0.15, -0.1) is 24.0 Å². The summed E-state index contributed by atoms with van der Waals surface area (Å²) in [6.07, 6.45) is 0. The summed E-state index contributed by atoms with van der Waals surface area (Å²) in [6, 6.07) is 14.9. The zero-order valence-corrected chi connectivity index (χ0v) is 16.2. The molecule has 0 amide bonds. The molecule has 0 aliphatic carbocycles. The Morgan fingerprint density at radius 3 is 2.54 bits per heavy atom. The van der Waals surface area contributed by atoms with Crippen molar-refractivity contribution in [1.82, 2.24) is 10.6 Å². The van der Waals surface area contributed by atoms with Gasteiger partial charge in [0, 0.05) is 13.6 Å². The van der Waals surface area contributed by atoms with Gasteiger partial charge in [-0.2, -0.15) is 0 Å². The van der Waals surface area contributed by atoms with Crippen LogP contribution in [0.3, 0.4) is 0 Å². The van der Waals surface area contributed by atoms with Gasteiger partial charge in [-0.1, -0.05) is 30.3 Å². The quantitative estimate of drug-likeness (QED) is 0.311. The molecule has 2 rings (SSSR count). The molecule has 0 aliphatic heterocycles. The molecular formula is C18H23FIN3O. The Morgan fingerprint density at radius 1 is 1.12 bits per heavy atom. The molecule has 0 atom stereocenters. The van der Waals surface area contributed by atoms with Crippen molar-refractivity contribution in [2.75, 3.05) is 20.2 Å². The Hall–Kier alpha value is -1.83. The van der Waals surface area contributed by atoms with Gasteiger partial charge in [-0.3, -0.25) is 4.99 Å². The van der Waals surface area contributed by atoms with Crippen molar-refractivity contribution in [2.45, 2.75) is 13.5 Å².